The van der Waals surface area contributed by atoms with Gasteiger partial charge in [-0.3, -0.25) is 5.41 Å². The summed E-state index contributed by atoms with van der Waals surface area (Å²) >= 11 is 0. The van der Waals surface area contributed by atoms with E-state index in [1.54, 1.807) is 12.1 Å². The Bertz CT molecular complexity index is 977. The quantitative estimate of drug-likeness (QED) is 0.299. The topological polar surface area (TPSA) is 47.9 Å². The molecule has 0 heterocycles. The Kier molecular flexibility index (Phi) is 4.73. The molecule has 3 aromatic rings. The molecule has 0 aliphatic carbocycles. The lowest BCUT2D eigenvalue weighted by molar-refractivity contribution is -0.289. The molecule has 3 N–H and O–H groups in total. The van der Waals surface area contributed by atoms with Crippen molar-refractivity contribution in [1.82, 2.24) is 0 Å². The van der Waals surface area contributed by atoms with Crippen LogP contribution in [0.25, 0.3) is 10.8 Å². The number of hydrogen-bond donors (Lipinski definition) is 3. The molecule has 0 radical (unpaired) electrons. The van der Waals surface area contributed by atoms with Crippen molar-refractivity contribution < 1.29 is 22.0 Å². The van der Waals surface area contributed by atoms with Gasteiger partial charge in [-0.2, -0.15) is 22.0 Å². The Hall–Kier alpha value is -3.16. The van der Waals surface area contributed by atoms with Crippen LogP contribution in [0.3, 0.4) is 0 Å². The molecule has 0 aliphatic heterocycles. The highest BCUT2D eigenvalue weighted by molar-refractivity contribution is 6.07. The largest absolute Gasteiger partial charge is 0.458 e. The van der Waals surface area contributed by atoms with Crippen LogP contribution in [0, 0.1) is 5.41 Å². The molecule has 8 heteroatoms. The molecule has 3 nitrogen and oxygen atoms in total. The third kappa shape index (κ3) is 3.84. The molecule has 3 rings (SSSR count). The first-order valence-electron chi connectivity index (χ1n) is 7.84. The van der Waals surface area contributed by atoms with E-state index in [9.17, 15) is 22.0 Å². The Morgan fingerprint density at radius 3 is 2.19 bits per heavy atom. The Labute approximate surface area is 151 Å². The number of anilines is 2. The molecule has 0 bridgehead atoms. The zero-order valence-corrected chi connectivity index (χ0v) is 13.7. The molecule has 27 heavy (non-hydrogen) atoms. The van der Waals surface area contributed by atoms with Crippen LogP contribution in [-0.4, -0.2) is 12.1 Å². The van der Waals surface area contributed by atoms with Crippen molar-refractivity contribution in [2.75, 3.05) is 10.6 Å². The summed E-state index contributed by atoms with van der Waals surface area (Å²) in [6.07, 6.45) is -5.69. The minimum atomic E-state index is -5.69. The summed E-state index contributed by atoms with van der Waals surface area (Å²) < 4.78 is 64.5. The molecule has 0 amide bonds. The second-order valence-electron chi connectivity index (χ2n) is 5.80. The van der Waals surface area contributed by atoms with Crippen LogP contribution < -0.4 is 10.6 Å². The van der Waals surface area contributed by atoms with E-state index in [-0.39, 0.29) is 11.6 Å². The molecule has 3 aromatic carbocycles. The molecule has 0 aromatic heterocycles. The number of guanidine groups is 1. The molecule has 0 aliphatic rings. The van der Waals surface area contributed by atoms with Crippen LogP contribution in [0.4, 0.5) is 33.3 Å². The molecular formula is C19H14F5N3. The van der Waals surface area contributed by atoms with Crippen LogP contribution in [0.2, 0.25) is 0 Å². The zero-order valence-electron chi connectivity index (χ0n) is 13.7. The van der Waals surface area contributed by atoms with Crippen molar-refractivity contribution in [1.29, 1.82) is 5.41 Å². The predicted molar refractivity (Wildman–Crippen MR) is 95.3 cm³/mol. The summed E-state index contributed by atoms with van der Waals surface area (Å²) in [6.45, 7) is 0. The Balaban J connectivity index is 1.80. The number of rotatable bonds is 3. The van der Waals surface area contributed by atoms with Gasteiger partial charge in [0.25, 0.3) is 0 Å². The van der Waals surface area contributed by atoms with Gasteiger partial charge in [-0.05, 0) is 23.6 Å². The first-order valence-corrected chi connectivity index (χ1v) is 7.84. The highest BCUT2D eigenvalue weighted by Gasteiger charge is 2.58. The van der Waals surface area contributed by atoms with Gasteiger partial charge < -0.3 is 10.6 Å². The van der Waals surface area contributed by atoms with Crippen LogP contribution in [0.5, 0.6) is 0 Å². The maximum Gasteiger partial charge on any atom is 0.458 e. The van der Waals surface area contributed by atoms with E-state index < -0.39 is 17.7 Å². The van der Waals surface area contributed by atoms with E-state index in [1.807, 2.05) is 30.3 Å². The fraction of sp³-hybridized carbons (Fsp3) is 0.105. The smallest absolute Gasteiger partial charge is 0.326 e. The summed E-state index contributed by atoms with van der Waals surface area (Å²) in [5.74, 6) is -5.24. The molecule has 0 saturated carbocycles. The first-order chi connectivity index (χ1) is 12.7. The lowest BCUT2D eigenvalue weighted by atomic mass is 10.1. The van der Waals surface area contributed by atoms with E-state index >= 15 is 0 Å². The average molecular weight is 379 g/mol. The van der Waals surface area contributed by atoms with Crippen molar-refractivity contribution in [3.63, 3.8) is 0 Å². The predicted octanol–water partition coefficient (Wildman–Crippen LogP) is 5.95. The molecule has 0 saturated heterocycles. The van der Waals surface area contributed by atoms with E-state index in [0.717, 1.165) is 16.8 Å². The van der Waals surface area contributed by atoms with Gasteiger partial charge >= 0.3 is 12.1 Å². The monoisotopic (exact) mass is 379 g/mol. The van der Waals surface area contributed by atoms with E-state index in [1.165, 1.54) is 6.07 Å². The number of fused-ring (bicyclic) bond motifs is 1. The molecule has 0 atom stereocenters. The number of nitrogens with one attached hydrogen (secondary N) is 3. The first kappa shape index (κ1) is 18.6. The third-order valence-electron chi connectivity index (χ3n) is 3.90. The van der Waals surface area contributed by atoms with Crippen LogP contribution >= 0.6 is 0 Å². The fourth-order valence-corrected chi connectivity index (χ4v) is 2.60. The second-order valence-corrected chi connectivity index (χ2v) is 5.80. The number of alkyl halides is 5. The van der Waals surface area contributed by atoms with E-state index in [0.29, 0.717) is 17.8 Å². The molecule has 0 fully saturated rings. The maximum atomic E-state index is 13.5. The summed E-state index contributed by atoms with van der Waals surface area (Å²) in [4.78, 5) is 0. The molecular weight excluding hydrogens is 365 g/mol. The third-order valence-corrected chi connectivity index (χ3v) is 3.90. The van der Waals surface area contributed by atoms with Gasteiger partial charge in [-0.15, -0.1) is 0 Å². The van der Waals surface area contributed by atoms with Crippen LogP contribution in [0.1, 0.15) is 5.56 Å². The zero-order chi connectivity index (χ0) is 19.7. The van der Waals surface area contributed by atoms with Gasteiger partial charge in [-0.25, -0.2) is 0 Å². The summed E-state index contributed by atoms with van der Waals surface area (Å²) in [7, 11) is 0. The highest BCUT2D eigenvalue weighted by Crippen LogP contribution is 2.44. The van der Waals surface area contributed by atoms with Crippen LogP contribution in [0.15, 0.2) is 66.7 Å². The van der Waals surface area contributed by atoms with Gasteiger partial charge in [0, 0.05) is 22.3 Å². The van der Waals surface area contributed by atoms with Crippen molar-refractivity contribution in [3.8, 4) is 0 Å². The van der Waals surface area contributed by atoms with E-state index in [4.69, 9.17) is 5.41 Å². The standard InChI is InChI=1S/C19H14F5N3/c20-18(21,19(22,23)24)13-7-4-8-14(11-13)26-17(25)27-16-10-3-6-12-5-1-2-9-15(12)16/h1-11H,(H3,25,26,27). The summed E-state index contributed by atoms with van der Waals surface area (Å²) in [5, 5.41) is 15.0. The van der Waals surface area contributed by atoms with Crippen molar-refractivity contribution in [2.24, 2.45) is 0 Å². The highest BCUT2D eigenvalue weighted by atomic mass is 19.4. The number of halogens is 5. The van der Waals surface area contributed by atoms with Crippen molar-refractivity contribution in [2.45, 2.75) is 12.1 Å². The van der Waals surface area contributed by atoms with Gasteiger partial charge in [-0.1, -0.05) is 48.5 Å². The normalized spacial score (nSPS) is 12.0. The Morgan fingerprint density at radius 1 is 0.778 bits per heavy atom. The average Bonchev–Trinajstić information content (AvgIpc) is 2.61. The minimum absolute atomic E-state index is 0.0610. The van der Waals surface area contributed by atoms with Crippen molar-refractivity contribution >= 4 is 28.1 Å². The molecule has 0 unspecified atom stereocenters. The summed E-state index contributed by atoms with van der Waals surface area (Å²) in [6, 6.07) is 16.6. The van der Waals surface area contributed by atoms with E-state index in [2.05, 4.69) is 10.6 Å². The summed E-state index contributed by atoms with van der Waals surface area (Å²) in [5.41, 5.74) is -0.658. The number of hydrogen-bond acceptors (Lipinski definition) is 1. The van der Waals surface area contributed by atoms with Gasteiger partial charge in [0.2, 0.25) is 0 Å². The van der Waals surface area contributed by atoms with Crippen LogP contribution in [-0.2, 0) is 5.92 Å². The van der Waals surface area contributed by atoms with Crippen molar-refractivity contribution in [3.05, 3.63) is 72.3 Å². The maximum absolute atomic E-state index is 13.5. The van der Waals surface area contributed by atoms with Gasteiger partial charge in [0.15, 0.2) is 5.96 Å². The second kappa shape index (κ2) is 6.86. The molecule has 140 valence electrons. The fourth-order valence-electron chi connectivity index (χ4n) is 2.60. The number of benzene rings is 3. The SMILES string of the molecule is N=C(Nc1cccc(C(F)(F)C(F)(F)F)c1)Nc1cccc2ccccc12. The molecule has 0 spiro atoms. The lowest BCUT2D eigenvalue weighted by Gasteiger charge is -2.20. The van der Waals surface area contributed by atoms with Gasteiger partial charge in [0.1, 0.15) is 0 Å². The van der Waals surface area contributed by atoms with Gasteiger partial charge in [0.05, 0.1) is 0 Å². The minimum Gasteiger partial charge on any atom is -0.326 e. The lowest BCUT2D eigenvalue weighted by Crippen LogP contribution is -2.33. The Morgan fingerprint density at radius 2 is 1.44 bits per heavy atom.